The number of benzene rings is 2. The fraction of sp³-hybridized carbons (Fsp3) is 0.316. The lowest BCUT2D eigenvalue weighted by atomic mass is 10.1. The van der Waals surface area contributed by atoms with Gasteiger partial charge in [0.1, 0.15) is 11.5 Å². The molecule has 0 fully saturated rings. The van der Waals surface area contributed by atoms with Crippen LogP contribution in [0.3, 0.4) is 0 Å². The second-order valence-electron chi connectivity index (χ2n) is 5.53. The Bertz CT molecular complexity index is 645. The molecule has 1 N–H and O–H groups in total. The summed E-state index contributed by atoms with van der Waals surface area (Å²) in [5.41, 5.74) is 2.94. The van der Waals surface area contributed by atoms with Crippen LogP contribution in [0, 0.1) is 13.8 Å². The lowest BCUT2D eigenvalue weighted by Gasteiger charge is -2.16. The molecule has 4 heteroatoms. The van der Waals surface area contributed by atoms with E-state index in [1.807, 2.05) is 57.2 Å². The summed E-state index contributed by atoms with van der Waals surface area (Å²) in [5.74, 6) is 1.30. The van der Waals surface area contributed by atoms with Crippen molar-refractivity contribution in [1.29, 1.82) is 0 Å². The average molecular weight is 313 g/mol. The van der Waals surface area contributed by atoms with E-state index in [0.29, 0.717) is 18.0 Å². The SMILES string of the molecule is CCOc1ccc(NC(=O)[C@H](C)Oc2cc(C)cc(C)c2)cc1. The highest BCUT2D eigenvalue weighted by atomic mass is 16.5. The highest BCUT2D eigenvalue weighted by Gasteiger charge is 2.15. The van der Waals surface area contributed by atoms with Gasteiger partial charge in [0, 0.05) is 5.69 Å². The van der Waals surface area contributed by atoms with Crippen LogP contribution in [-0.4, -0.2) is 18.6 Å². The predicted molar refractivity (Wildman–Crippen MR) is 92.2 cm³/mol. The summed E-state index contributed by atoms with van der Waals surface area (Å²) in [7, 11) is 0. The van der Waals surface area contributed by atoms with Gasteiger partial charge in [0.25, 0.3) is 5.91 Å². The largest absolute Gasteiger partial charge is 0.494 e. The van der Waals surface area contributed by atoms with E-state index in [9.17, 15) is 4.79 Å². The number of hydrogen-bond acceptors (Lipinski definition) is 3. The van der Waals surface area contributed by atoms with E-state index in [4.69, 9.17) is 9.47 Å². The lowest BCUT2D eigenvalue weighted by molar-refractivity contribution is -0.122. The molecule has 4 nitrogen and oxygen atoms in total. The van der Waals surface area contributed by atoms with Gasteiger partial charge in [0.15, 0.2) is 6.10 Å². The highest BCUT2D eigenvalue weighted by Crippen LogP contribution is 2.19. The molecule has 2 aromatic carbocycles. The number of aryl methyl sites for hydroxylation is 2. The Morgan fingerprint density at radius 2 is 1.65 bits per heavy atom. The van der Waals surface area contributed by atoms with E-state index in [-0.39, 0.29) is 5.91 Å². The standard InChI is InChI=1S/C19H23NO3/c1-5-22-17-8-6-16(7-9-17)20-19(21)15(4)23-18-11-13(2)10-14(3)12-18/h6-12,15H,5H2,1-4H3,(H,20,21)/t15-/m0/s1. The minimum atomic E-state index is -0.581. The van der Waals surface area contributed by atoms with Crippen LogP contribution in [0.4, 0.5) is 5.69 Å². The zero-order chi connectivity index (χ0) is 16.8. The number of hydrogen-bond donors (Lipinski definition) is 1. The maximum atomic E-state index is 12.2. The molecule has 0 heterocycles. The number of rotatable bonds is 6. The van der Waals surface area contributed by atoms with Gasteiger partial charge < -0.3 is 14.8 Å². The van der Waals surface area contributed by atoms with E-state index >= 15 is 0 Å². The Kier molecular flexibility index (Phi) is 5.63. The summed E-state index contributed by atoms with van der Waals surface area (Å²) in [6.07, 6.45) is -0.581. The average Bonchev–Trinajstić information content (AvgIpc) is 2.48. The summed E-state index contributed by atoms with van der Waals surface area (Å²) in [5, 5.41) is 2.84. The fourth-order valence-corrected chi connectivity index (χ4v) is 2.30. The monoisotopic (exact) mass is 313 g/mol. The van der Waals surface area contributed by atoms with Crippen molar-refractivity contribution in [2.45, 2.75) is 33.8 Å². The van der Waals surface area contributed by atoms with Crippen molar-refractivity contribution in [2.75, 3.05) is 11.9 Å². The van der Waals surface area contributed by atoms with Gasteiger partial charge in [0.2, 0.25) is 0 Å². The van der Waals surface area contributed by atoms with E-state index in [0.717, 1.165) is 16.9 Å². The van der Waals surface area contributed by atoms with Gasteiger partial charge in [-0.3, -0.25) is 4.79 Å². The Morgan fingerprint density at radius 3 is 2.22 bits per heavy atom. The van der Waals surface area contributed by atoms with Crippen molar-refractivity contribution >= 4 is 11.6 Å². The molecule has 0 aliphatic rings. The number of amides is 1. The van der Waals surface area contributed by atoms with Crippen LogP contribution in [0.25, 0.3) is 0 Å². The number of carbonyl (C=O) groups excluding carboxylic acids is 1. The Hall–Kier alpha value is -2.49. The highest BCUT2D eigenvalue weighted by molar-refractivity contribution is 5.94. The second-order valence-corrected chi connectivity index (χ2v) is 5.53. The van der Waals surface area contributed by atoms with E-state index < -0.39 is 6.10 Å². The van der Waals surface area contributed by atoms with Crippen LogP contribution >= 0.6 is 0 Å². The van der Waals surface area contributed by atoms with E-state index in [1.54, 1.807) is 6.92 Å². The van der Waals surface area contributed by atoms with Crippen molar-refractivity contribution < 1.29 is 14.3 Å². The molecule has 0 saturated heterocycles. The van der Waals surface area contributed by atoms with Crippen molar-refractivity contribution in [3.8, 4) is 11.5 Å². The van der Waals surface area contributed by atoms with Crippen LogP contribution in [0.2, 0.25) is 0 Å². The quantitative estimate of drug-likeness (QED) is 0.873. The van der Waals surface area contributed by atoms with Gasteiger partial charge in [-0.1, -0.05) is 6.07 Å². The van der Waals surface area contributed by atoms with Gasteiger partial charge in [0.05, 0.1) is 6.61 Å². The predicted octanol–water partition coefficient (Wildman–Crippen LogP) is 4.11. The molecular formula is C19H23NO3. The maximum absolute atomic E-state index is 12.2. The van der Waals surface area contributed by atoms with Crippen molar-refractivity contribution in [3.05, 3.63) is 53.6 Å². The summed E-state index contributed by atoms with van der Waals surface area (Å²) in [6.45, 7) is 8.30. The lowest BCUT2D eigenvalue weighted by Crippen LogP contribution is -2.30. The fourth-order valence-electron chi connectivity index (χ4n) is 2.30. The summed E-state index contributed by atoms with van der Waals surface area (Å²) in [6, 6.07) is 13.2. The zero-order valence-corrected chi connectivity index (χ0v) is 14.1. The smallest absolute Gasteiger partial charge is 0.265 e. The van der Waals surface area contributed by atoms with Crippen LogP contribution in [0.5, 0.6) is 11.5 Å². The molecule has 0 aromatic heterocycles. The van der Waals surface area contributed by atoms with Crippen LogP contribution in [0.15, 0.2) is 42.5 Å². The zero-order valence-electron chi connectivity index (χ0n) is 14.1. The van der Waals surface area contributed by atoms with E-state index in [2.05, 4.69) is 11.4 Å². The molecule has 0 radical (unpaired) electrons. The van der Waals surface area contributed by atoms with Gasteiger partial charge in [-0.2, -0.15) is 0 Å². The minimum Gasteiger partial charge on any atom is -0.494 e. The minimum absolute atomic E-state index is 0.187. The molecule has 1 atom stereocenters. The number of ether oxygens (including phenoxy) is 2. The normalized spacial score (nSPS) is 11.7. The summed E-state index contributed by atoms with van der Waals surface area (Å²) < 4.78 is 11.1. The van der Waals surface area contributed by atoms with Crippen LogP contribution in [-0.2, 0) is 4.79 Å². The Labute approximate surface area is 137 Å². The molecule has 1 amide bonds. The number of carbonyl (C=O) groups is 1. The summed E-state index contributed by atoms with van der Waals surface area (Å²) in [4.78, 5) is 12.2. The third-order valence-electron chi connectivity index (χ3n) is 3.31. The third kappa shape index (κ3) is 5.02. The first kappa shape index (κ1) is 16.9. The Morgan fingerprint density at radius 1 is 1.04 bits per heavy atom. The molecule has 0 bridgehead atoms. The van der Waals surface area contributed by atoms with Crippen molar-refractivity contribution in [1.82, 2.24) is 0 Å². The van der Waals surface area contributed by atoms with Crippen molar-refractivity contribution in [2.24, 2.45) is 0 Å². The molecule has 0 unspecified atom stereocenters. The Balaban J connectivity index is 1.96. The molecule has 122 valence electrons. The third-order valence-corrected chi connectivity index (χ3v) is 3.31. The first-order valence-electron chi connectivity index (χ1n) is 7.76. The molecule has 2 rings (SSSR count). The second kappa shape index (κ2) is 7.68. The van der Waals surface area contributed by atoms with Crippen LogP contribution < -0.4 is 14.8 Å². The molecule has 23 heavy (non-hydrogen) atoms. The molecular weight excluding hydrogens is 290 g/mol. The van der Waals surface area contributed by atoms with Crippen molar-refractivity contribution in [3.63, 3.8) is 0 Å². The molecule has 2 aromatic rings. The first-order valence-corrected chi connectivity index (χ1v) is 7.76. The number of nitrogens with one attached hydrogen (secondary N) is 1. The van der Waals surface area contributed by atoms with Gasteiger partial charge >= 0.3 is 0 Å². The van der Waals surface area contributed by atoms with E-state index in [1.165, 1.54) is 0 Å². The van der Waals surface area contributed by atoms with Gasteiger partial charge in [-0.25, -0.2) is 0 Å². The summed E-state index contributed by atoms with van der Waals surface area (Å²) >= 11 is 0. The van der Waals surface area contributed by atoms with Gasteiger partial charge in [-0.05, 0) is 75.2 Å². The van der Waals surface area contributed by atoms with Crippen LogP contribution in [0.1, 0.15) is 25.0 Å². The molecule has 0 saturated carbocycles. The topological polar surface area (TPSA) is 47.6 Å². The molecule has 0 spiro atoms. The molecule has 0 aliphatic heterocycles. The maximum Gasteiger partial charge on any atom is 0.265 e. The number of anilines is 1. The first-order chi connectivity index (χ1) is 11.0. The molecule has 0 aliphatic carbocycles. The van der Waals surface area contributed by atoms with Gasteiger partial charge in [-0.15, -0.1) is 0 Å².